The number of carbonyl (C=O) groups is 1. The predicted molar refractivity (Wildman–Crippen MR) is 94.2 cm³/mol. The summed E-state index contributed by atoms with van der Waals surface area (Å²) in [6.45, 7) is 1.34. The largest absolute Gasteiger partial charge is 0.489 e. The van der Waals surface area contributed by atoms with Gasteiger partial charge in [0.15, 0.2) is 0 Å². The van der Waals surface area contributed by atoms with E-state index in [1.165, 1.54) is 5.56 Å². The van der Waals surface area contributed by atoms with Crippen LogP contribution in [-0.4, -0.2) is 48.3 Å². The lowest BCUT2D eigenvalue weighted by atomic mass is 10.1. The summed E-state index contributed by atoms with van der Waals surface area (Å²) in [4.78, 5) is 12.4. The summed E-state index contributed by atoms with van der Waals surface area (Å²) < 4.78 is 5.74. The topological polar surface area (TPSA) is 70.0 Å². The number of likely N-dealkylation sites (N-methyl/N-ethyl adjacent to an activating group) is 1. The first kappa shape index (κ1) is 19.7. The molecular weight excluding hydrogens is 306 g/mol. The minimum Gasteiger partial charge on any atom is -0.489 e. The van der Waals surface area contributed by atoms with Crippen LogP contribution in [0.5, 0.6) is 5.75 Å². The molecule has 5 nitrogen and oxygen atoms in total. The number of carboxylic acid groups (broad SMARTS) is 1. The van der Waals surface area contributed by atoms with Gasteiger partial charge in [-0.3, -0.25) is 9.69 Å². The lowest BCUT2D eigenvalue weighted by molar-refractivity contribution is -0.137. The van der Waals surface area contributed by atoms with Crippen molar-refractivity contribution in [2.24, 2.45) is 0 Å². The van der Waals surface area contributed by atoms with E-state index in [4.69, 9.17) is 14.9 Å². The Morgan fingerprint density at radius 3 is 2.21 bits per heavy atom. The molecule has 0 radical (unpaired) electrons. The third kappa shape index (κ3) is 7.76. The fourth-order valence-corrected chi connectivity index (χ4v) is 2.12. The maximum absolute atomic E-state index is 10.6. The van der Waals surface area contributed by atoms with Crippen molar-refractivity contribution in [3.05, 3.63) is 65.7 Å². The van der Waals surface area contributed by atoms with Crippen molar-refractivity contribution in [3.8, 4) is 5.75 Å². The molecule has 24 heavy (non-hydrogen) atoms. The number of hydrogen-bond donors (Lipinski definition) is 2. The van der Waals surface area contributed by atoms with Crippen molar-refractivity contribution >= 4 is 5.97 Å². The van der Waals surface area contributed by atoms with Crippen LogP contribution in [0.15, 0.2) is 54.6 Å². The van der Waals surface area contributed by atoms with Crippen LogP contribution in [0, 0.1) is 0 Å². The van der Waals surface area contributed by atoms with Crippen LogP contribution < -0.4 is 4.74 Å². The molecule has 0 spiro atoms. The van der Waals surface area contributed by atoms with E-state index in [-0.39, 0.29) is 6.54 Å². The zero-order chi connectivity index (χ0) is 17.8. The van der Waals surface area contributed by atoms with Crippen molar-refractivity contribution < 1.29 is 19.7 Å². The molecule has 0 aliphatic carbocycles. The summed E-state index contributed by atoms with van der Waals surface area (Å²) in [5.41, 5.74) is 2.31. The Balaban J connectivity index is 0.00000139. The summed E-state index contributed by atoms with van der Waals surface area (Å²) in [6.07, 6.45) is 0.822. The molecule has 0 saturated carbocycles. The van der Waals surface area contributed by atoms with Crippen LogP contribution >= 0.6 is 0 Å². The Labute approximate surface area is 143 Å². The fourth-order valence-electron chi connectivity index (χ4n) is 2.12. The molecule has 0 atom stereocenters. The molecule has 0 bridgehead atoms. The van der Waals surface area contributed by atoms with Gasteiger partial charge < -0.3 is 14.9 Å². The highest BCUT2D eigenvalue weighted by molar-refractivity contribution is 5.69. The van der Waals surface area contributed by atoms with E-state index in [9.17, 15) is 4.79 Å². The molecule has 0 aliphatic heterocycles. The third-order valence-corrected chi connectivity index (χ3v) is 3.36. The monoisotopic (exact) mass is 331 g/mol. The van der Waals surface area contributed by atoms with Crippen LogP contribution in [0.1, 0.15) is 11.1 Å². The smallest absolute Gasteiger partial charge is 0.317 e. The number of rotatable bonds is 8. The number of carboxylic acids is 1. The molecule has 0 heterocycles. The lowest BCUT2D eigenvalue weighted by Gasteiger charge is -2.13. The number of nitrogens with zero attached hydrogens (tertiary/aromatic N) is 1. The minimum atomic E-state index is -0.799. The van der Waals surface area contributed by atoms with Gasteiger partial charge in [0.1, 0.15) is 12.4 Å². The van der Waals surface area contributed by atoms with Gasteiger partial charge in [-0.15, -0.1) is 0 Å². The molecule has 0 amide bonds. The maximum Gasteiger partial charge on any atom is 0.317 e. The number of aliphatic hydroxyl groups is 1. The van der Waals surface area contributed by atoms with E-state index in [0.29, 0.717) is 6.61 Å². The summed E-state index contributed by atoms with van der Waals surface area (Å²) in [5.74, 6) is 0.0404. The van der Waals surface area contributed by atoms with Gasteiger partial charge in [-0.2, -0.15) is 0 Å². The summed E-state index contributed by atoms with van der Waals surface area (Å²) in [7, 11) is 2.81. The highest BCUT2D eigenvalue weighted by Gasteiger charge is 2.04. The highest BCUT2D eigenvalue weighted by Crippen LogP contribution is 2.14. The Hall–Kier alpha value is -2.37. The van der Waals surface area contributed by atoms with E-state index in [0.717, 1.165) is 31.4 Å². The minimum absolute atomic E-state index is 0.0677. The first-order valence-electron chi connectivity index (χ1n) is 7.74. The van der Waals surface area contributed by atoms with E-state index < -0.39 is 5.97 Å². The second kappa shape index (κ2) is 11.2. The van der Waals surface area contributed by atoms with E-state index in [2.05, 4.69) is 0 Å². The van der Waals surface area contributed by atoms with E-state index in [1.807, 2.05) is 61.6 Å². The molecule has 5 heteroatoms. The maximum atomic E-state index is 10.6. The van der Waals surface area contributed by atoms with Crippen molar-refractivity contribution in [1.29, 1.82) is 0 Å². The SMILES string of the molecule is CN(CCc1ccc(OCc2ccccc2)cc1)CC(=O)O.CO. The Morgan fingerprint density at radius 1 is 1.00 bits per heavy atom. The van der Waals surface area contributed by atoms with Gasteiger partial charge in [0.25, 0.3) is 0 Å². The molecule has 2 rings (SSSR count). The van der Waals surface area contributed by atoms with Crippen LogP contribution in [0.25, 0.3) is 0 Å². The summed E-state index contributed by atoms with van der Waals surface area (Å²) in [6, 6.07) is 18.0. The molecule has 2 N–H and O–H groups in total. The predicted octanol–water partition coefficient (Wildman–Crippen LogP) is 2.43. The first-order valence-corrected chi connectivity index (χ1v) is 7.74. The molecule has 0 unspecified atom stereocenters. The second-order valence-corrected chi connectivity index (χ2v) is 5.30. The number of hydrogen-bond acceptors (Lipinski definition) is 4. The molecule has 2 aromatic rings. The molecule has 0 aromatic heterocycles. The van der Waals surface area contributed by atoms with Crippen molar-refractivity contribution in [1.82, 2.24) is 4.90 Å². The van der Waals surface area contributed by atoms with Gasteiger partial charge in [0, 0.05) is 13.7 Å². The zero-order valence-corrected chi connectivity index (χ0v) is 14.2. The van der Waals surface area contributed by atoms with Gasteiger partial charge >= 0.3 is 5.97 Å². The van der Waals surface area contributed by atoms with Gasteiger partial charge in [0.2, 0.25) is 0 Å². The average Bonchev–Trinajstić information content (AvgIpc) is 2.61. The van der Waals surface area contributed by atoms with Crippen LogP contribution in [0.3, 0.4) is 0 Å². The number of benzene rings is 2. The number of aliphatic hydroxyl groups excluding tert-OH is 1. The fraction of sp³-hybridized carbons (Fsp3) is 0.316. The Kier molecular flexibility index (Phi) is 9.19. The molecular formula is C19H25NO4. The molecule has 0 saturated heterocycles. The first-order chi connectivity index (χ1) is 11.6. The molecule has 0 fully saturated rings. The van der Waals surface area contributed by atoms with Crippen LogP contribution in [0.2, 0.25) is 0 Å². The normalized spacial score (nSPS) is 10.0. The third-order valence-electron chi connectivity index (χ3n) is 3.36. The summed E-state index contributed by atoms with van der Waals surface area (Å²) >= 11 is 0. The number of aliphatic carboxylic acids is 1. The van der Waals surface area contributed by atoms with Crippen molar-refractivity contribution in [2.75, 3.05) is 27.2 Å². The average molecular weight is 331 g/mol. The quantitative estimate of drug-likeness (QED) is 0.777. The Bertz CT molecular complexity index is 584. The number of ether oxygens (including phenoxy) is 1. The molecule has 130 valence electrons. The molecule has 2 aromatic carbocycles. The zero-order valence-electron chi connectivity index (χ0n) is 14.2. The van der Waals surface area contributed by atoms with Crippen LogP contribution in [-0.2, 0) is 17.8 Å². The van der Waals surface area contributed by atoms with E-state index in [1.54, 1.807) is 4.90 Å². The van der Waals surface area contributed by atoms with Gasteiger partial charge in [-0.1, -0.05) is 42.5 Å². The van der Waals surface area contributed by atoms with Gasteiger partial charge in [0.05, 0.1) is 6.54 Å². The highest BCUT2D eigenvalue weighted by atomic mass is 16.5. The van der Waals surface area contributed by atoms with Gasteiger partial charge in [-0.25, -0.2) is 0 Å². The Morgan fingerprint density at radius 2 is 1.62 bits per heavy atom. The molecule has 0 aliphatic rings. The van der Waals surface area contributed by atoms with Crippen molar-refractivity contribution in [2.45, 2.75) is 13.0 Å². The van der Waals surface area contributed by atoms with Gasteiger partial charge in [-0.05, 0) is 36.7 Å². The lowest BCUT2D eigenvalue weighted by Crippen LogP contribution is -2.27. The van der Waals surface area contributed by atoms with E-state index >= 15 is 0 Å². The second-order valence-electron chi connectivity index (χ2n) is 5.30. The van der Waals surface area contributed by atoms with Crippen LogP contribution in [0.4, 0.5) is 0 Å². The van der Waals surface area contributed by atoms with Crippen molar-refractivity contribution in [3.63, 3.8) is 0 Å². The summed E-state index contributed by atoms with van der Waals surface area (Å²) in [5, 5.41) is 15.7. The standard InChI is InChI=1S/C18H21NO3.CH4O/c1-19(13-18(20)21)12-11-15-7-9-17(10-8-15)22-14-16-5-3-2-4-6-16;1-2/h2-10H,11-14H2,1H3,(H,20,21);2H,1H3.